The largest absolute Gasteiger partial charge is 0.396 e. The summed E-state index contributed by atoms with van der Waals surface area (Å²) in [4.78, 5) is 24.7. The van der Waals surface area contributed by atoms with Gasteiger partial charge in [0.25, 0.3) is 5.56 Å². The van der Waals surface area contributed by atoms with E-state index in [0.717, 1.165) is 0 Å². The first kappa shape index (κ1) is 12.3. The third kappa shape index (κ3) is 2.15. The average molecular weight is 261 g/mol. The zero-order valence-corrected chi connectivity index (χ0v) is 9.78. The van der Waals surface area contributed by atoms with Crippen molar-refractivity contribution in [3.63, 3.8) is 0 Å². The van der Waals surface area contributed by atoms with E-state index in [0.29, 0.717) is 6.42 Å². The second-order valence-electron chi connectivity index (χ2n) is 4.47. The van der Waals surface area contributed by atoms with Crippen molar-refractivity contribution in [1.82, 2.24) is 9.55 Å². The minimum absolute atomic E-state index is 0.00916. The van der Waals surface area contributed by atoms with Crippen molar-refractivity contribution in [2.24, 2.45) is 11.3 Å². The zero-order chi connectivity index (χ0) is 12.6. The quantitative estimate of drug-likeness (QED) is 0.659. The van der Waals surface area contributed by atoms with E-state index in [1.807, 2.05) is 0 Å². The second-order valence-corrected chi connectivity index (χ2v) is 4.88. The molecule has 0 aliphatic heterocycles. The predicted molar refractivity (Wildman–Crippen MR) is 61.0 cm³/mol. The van der Waals surface area contributed by atoms with Crippen molar-refractivity contribution in [2.75, 3.05) is 13.2 Å². The highest BCUT2D eigenvalue weighted by atomic mass is 35.5. The molecule has 2 atom stereocenters. The summed E-state index contributed by atoms with van der Waals surface area (Å²) in [6.07, 6.45) is 1.91. The number of rotatable bonds is 4. The normalized spacial score (nSPS) is 27.1. The molecular weight excluding hydrogens is 248 g/mol. The third-order valence-corrected chi connectivity index (χ3v) is 3.62. The summed E-state index contributed by atoms with van der Waals surface area (Å²) in [5, 5.41) is 18.3. The minimum atomic E-state index is -0.625. The van der Waals surface area contributed by atoms with Gasteiger partial charge < -0.3 is 10.2 Å². The molecule has 1 saturated carbocycles. The van der Waals surface area contributed by atoms with Crippen LogP contribution < -0.4 is 11.2 Å². The van der Waals surface area contributed by atoms with Crippen molar-refractivity contribution in [3.05, 3.63) is 32.1 Å². The lowest BCUT2D eigenvalue weighted by Crippen LogP contribution is -2.33. The SMILES string of the molecule is O=c1[nH]c(=O)n(CC2(CO)CC2CO)cc1Cl. The van der Waals surface area contributed by atoms with Crippen LogP contribution in [0.2, 0.25) is 5.02 Å². The van der Waals surface area contributed by atoms with Gasteiger partial charge >= 0.3 is 5.69 Å². The molecule has 2 rings (SSSR count). The molecule has 0 bridgehead atoms. The number of hydrogen-bond acceptors (Lipinski definition) is 4. The van der Waals surface area contributed by atoms with Crippen LogP contribution in [-0.2, 0) is 6.54 Å². The molecule has 1 aromatic heterocycles. The fourth-order valence-corrected chi connectivity index (χ4v) is 2.23. The molecule has 3 N–H and O–H groups in total. The van der Waals surface area contributed by atoms with Gasteiger partial charge in [0.2, 0.25) is 0 Å². The van der Waals surface area contributed by atoms with E-state index >= 15 is 0 Å². The van der Waals surface area contributed by atoms with Gasteiger partial charge in [0.1, 0.15) is 5.02 Å². The van der Waals surface area contributed by atoms with E-state index in [4.69, 9.17) is 16.7 Å². The lowest BCUT2D eigenvalue weighted by molar-refractivity contribution is 0.156. The van der Waals surface area contributed by atoms with Gasteiger partial charge in [-0.3, -0.25) is 14.3 Å². The van der Waals surface area contributed by atoms with Crippen molar-refractivity contribution in [3.8, 4) is 0 Å². The Kier molecular flexibility index (Phi) is 3.11. The van der Waals surface area contributed by atoms with E-state index in [1.54, 1.807) is 0 Å². The molecule has 1 aliphatic rings. The highest BCUT2D eigenvalue weighted by molar-refractivity contribution is 6.30. The average Bonchev–Trinajstić information content (AvgIpc) is 3.00. The van der Waals surface area contributed by atoms with E-state index in [-0.39, 0.29) is 30.7 Å². The molecule has 2 unspecified atom stereocenters. The van der Waals surface area contributed by atoms with Crippen LogP contribution in [0.25, 0.3) is 0 Å². The molecule has 0 aromatic carbocycles. The van der Waals surface area contributed by atoms with Gasteiger partial charge in [-0.15, -0.1) is 0 Å². The van der Waals surface area contributed by atoms with Crippen LogP contribution in [0.1, 0.15) is 6.42 Å². The smallest absolute Gasteiger partial charge is 0.328 e. The maximum atomic E-state index is 11.5. The maximum Gasteiger partial charge on any atom is 0.328 e. The minimum Gasteiger partial charge on any atom is -0.396 e. The van der Waals surface area contributed by atoms with E-state index in [1.165, 1.54) is 10.8 Å². The number of hydrogen-bond donors (Lipinski definition) is 3. The summed E-state index contributed by atoms with van der Waals surface area (Å²) in [6, 6.07) is 0. The van der Waals surface area contributed by atoms with Crippen molar-refractivity contribution in [1.29, 1.82) is 0 Å². The summed E-state index contributed by atoms with van der Waals surface area (Å²) in [5.41, 5.74) is -1.66. The zero-order valence-electron chi connectivity index (χ0n) is 9.02. The van der Waals surface area contributed by atoms with Crippen LogP contribution in [-0.4, -0.2) is 33.0 Å². The number of aliphatic hydroxyl groups is 2. The van der Waals surface area contributed by atoms with Crippen LogP contribution >= 0.6 is 11.6 Å². The lowest BCUT2D eigenvalue weighted by Gasteiger charge is -2.15. The standard InChI is InChI=1S/C10H13ClN2O4/c11-7-2-13(9(17)12-8(7)16)4-10(5-15)1-6(10)3-14/h2,6,14-15H,1,3-5H2,(H,12,16,17). The molecule has 94 valence electrons. The lowest BCUT2D eigenvalue weighted by atomic mass is 10.1. The number of H-pyrrole nitrogens is 1. The summed E-state index contributed by atoms with van der Waals surface area (Å²) in [7, 11) is 0. The van der Waals surface area contributed by atoms with Gasteiger partial charge in [0.15, 0.2) is 0 Å². The Labute approximate surface area is 101 Å². The molecular formula is C10H13ClN2O4. The summed E-state index contributed by atoms with van der Waals surface area (Å²) in [6.45, 7) is 0.109. The Morgan fingerprint density at radius 2 is 2.24 bits per heavy atom. The number of halogens is 1. The Morgan fingerprint density at radius 3 is 2.76 bits per heavy atom. The van der Waals surface area contributed by atoms with E-state index < -0.39 is 16.7 Å². The predicted octanol–water partition coefficient (Wildman–Crippen LogP) is -0.819. The number of nitrogens with one attached hydrogen (secondary N) is 1. The Bertz CT molecular complexity index is 538. The molecule has 1 aliphatic carbocycles. The Morgan fingerprint density at radius 1 is 1.53 bits per heavy atom. The number of aromatic nitrogens is 2. The first-order chi connectivity index (χ1) is 8.02. The van der Waals surface area contributed by atoms with Crippen LogP contribution in [0.15, 0.2) is 15.8 Å². The first-order valence-electron chi connectivity index (χ1n) is 5.23. The van der Waals surface area contributed by atoms with Crippen molar-refractivity contribution < 1.29 is 10.2 Å². The molecule has 7 heteroatoms. The molecule has 1 fully saturated rings. The van der Waals surface area contributed by atoms with Gasteiger partial charge in [0, 0.05) is 24.8 Å². The van der Waals surface area contributed by atoms with Gasteiger partial charge in [-0.1, -0.05) is 11.6 Å². The molecule has 0 radical (unpaired) electrons. The molecule has 1 heterocycles. The van der Waals surface area contributed by atoms with Crippen LogP contribution in [0.5, 0.6) is 0 Å². The van der Waals surface area contributed by atoms with Crippen LogP contribution in [0.4, 0.5) is 0 Å². The summed E-state index contributed by atoms with van der Waals surface area (Å²) < 4.78 is 1.26. The second kappa shape index (κ2) is 4.29. The molecule has 0 amide bonds. The maximum absolute atomic E-state index is 11.5. The summed E-state index contributed by atoms with van der Waals surface area (Å²) >= 11 is 5.63. The van der Waals surface area contributed by atoms with Gasteiger partial charge in [-0.05, 0) is 12.3 Å². The highest BCUT2D eigenvalue weighted by Crippen LogP contribution is 2.52. The number of aliphatic hydroxyl groups excluding tert-OH is 2. The van der Waals surface area contributed by atoms with E-state index in [2.05, 4.69) is 4.98 Å². The highest BCUT2D eigenvalue weighted by Gasteiger charge is 2.53. The van der Waals surface area contributed by atoms with E-state index in [9.17, 15) is 14.7 Å². The topological polar surface area (TPSA) is 95.3 Å². The Hall–Kier alpha value is -1.11. The first-order valence-corrected chi connectivity index (χ1v) is 5.61. The van der Waals surface area contributed by atoms with Gasteiger partial charge in [0.05, 0.1) is 6.61 Å². The van der Waals surface area contributed by atoms with Crippen molar-refractivity contribution in [2.45, 2.75) is 13.0 Å². The van der Waals surface area contributed by atoms with Crippen molar-refractivity contribution >= 4 is 11.6 Å². The fraction of sp³-hybridized carbons (Fsp3) is 0.600. The molecule has 6 nitrogen and oxygen atoms in total. The molecule has 1 aromatic rings. The molecule has 17 heavy (non-hydrogen) atoms. The van der Waals surface area contributed by atoms with Gasteiger partial charge in [-0.2, -0.15) is 0 Å². The monoisotopic (exact) mass is 260 g/mol. The summed E-state index contributed by atoms with van der Waals surface area (Å²) in [5.74, 6) is -0.00916. The van der Waals surface area contributed by atoms with Gasteiger partial charge in [-0.25, -0.2) is 4.79 Å². The third-order valence-electron chi connectivity index (χ3n) is 3.35. The Balaban J connectivity index is 2.28. The fourth-order valence-electron chi connectivity index (χ4n) is 2.07. The van der Waals surface area contributed by atoms with Crippen LogP contribution in [0.3, 0.4) is 0 Å². The number of aromatic amines is 1. The molecule has 0 saturated heterocycles. The van der Waals surface area contributed by atoms with Crippen LogP contribution in [0, 0.1) is 11.3 Å². The molecule has 0 spiro atoms. The number of nitrogens with zero attached hydrogens (tertiary/aromatic N) is 1.